The second-order valence-corrected chi connectivity index (χ2v) is 9.67. The van der Waals surface area contributed by atoms with Crippen molar-refractivity contribution in [3.8, 4) is 11.1 Å². The molecule has 2 atom stereocenters. The van der Waals surface area contributed by atoms with Crippen LogP contribution in [-0.2, 0) is 14.3 Å². The number of carbonyl (C=O) groups is 3. The second kappa shape index (κ2) is 11.9. The van der Waals surface area contributed by atoms with Gasteiger partial charge in [-0.3, -0.25) is 4.79 Å². The van der Waals surface area contributed by atoms with E-state index in [4.69, 9.17) is 4.74 Å². The summed E-state index contributed by atoms with van der Waals surface area (Å²) in [6.45, 7) is 6.37. The average molecular weight is 481 g/mol. The number of aliphatic carboxylic acids is 1. The zero-order chi connectivity index (χ0) is 25.5. The molecule has 7 nitrogen and oxygen atoms in total. The maximum Gasteiger partial charge on any atom is 0.407 e. The second-order valence-electron chi connectivity index (χ2n) is 9.67. The fourth-order valence-corrected chi connectivity index (χ4v) is 4.96. The summed E-state index contributed by atoms with van der Waals surface area (Å²) in [4.78, 5) is 38.0. The summed E-state index contributed by atoms with van der Waals surface area (Å²) < 4.78 is 5.61. The maximum absolute atomic E-state index is 12.7. The number of alkyl carbamates (subject to hydrolysis) is 1. The van der Waals surface area contributed by atoms with Crippen LogP contribution in [0.5, 0.6) is 0 Å². The van der Waals surface area contributed by atoms with E-state index in [-0.39, 0.29) is 37.3 Å². The number of carbonyl (C=O) groups excluding carboxylic acids is 2. The van der Waals surface area contributed by atoms with Crippen molar-refractivity contribution in [1.29, 1.82) is 0 Å². The Morgan fingerprint density at radius 1 is 1.03 bits per heavy atom. The van der Waals surface area contributed by atoms with Gasteiger partial charge in [0.15, 0.2) is 0 Å². The number of fused-ring (bicyclic) bond motifs is 3. The van der Waals surface area contributed by atoms with Crippen LogP contribution in [0.3, 0.4) is 0 Å². The van der Waals surface area contributed by atoms with E-state index in [1.54, 1.807) is 6.92 Å². The number of hydrogen-bond donors (Lipinski definition) is 2. The molecular formula is C28H36N2O5. The summed E-state index contributed by atoms with van der Waals surface area (Å²) in [5, 5.41) is 12.2. The molecule has 1 aliphatic carbocycles. The van der Waals surface area contributed by atoms with Crippen LogP contribution in [0.2, 0.25) is 0 Å². The van der Waals surface area contributed by atoms with Crippen molar-refractivity contribution in [3.63, 3.8) is 0 Å². The molecule has 2 aromatic carbocycles. The average Bonchev–Trinajstić information content (AvgIpc) is 3.14. The predicted octanol–water partition coefficient (Wildman–Crippen LogP) is 4.90. The van der Waals surface area contributed by atoms with E-state index in [1.807, 2.05) is 24.3 Å². The Balaban J connectivity index is 1.58. The first-order valence-corrected chi connectivity index (χ1v) is 12.3. The molecule has 0 aromatic heterocycles. The first-order valence-electron chi connectivity index (χ1n) is 12.3. The van der Waals surface area contributed by atoms with Crippen LogP contribution in [0.1, 0.15) is 57.1 Å². The third-order valence-corrected chi connectivity index (χ3v) is 6.68. The van der Waals surface area contributed by atoms with Crippen molar-refractivity contribution in [2.45, 2.75) is 52.0 Å². The molecule has 0 aliphatic heterocycles. The van der Waals surface area contributed by atoms with Gasteiger partial charge in [0, 0.05) is 25.9 Å². The smallest absolute Gasteiger partial charge is 0.407 e. The third kappa shape index (κ3) is 6.41. The number of rotatable bonds is 11. The van der Waals surface area contributed by atoms with E-state index in [1.165, 1.54) is 23.1 Å². The number of ether oxygens (including phenoxy) is 1. The highest BCUT2D eigenvalue weighted by atomic mass is 16.5. The van der Waals surface area contributed by atoms with Gasteiger partial charge in [0.25, 0.3) is 0 Å². The Kier molecular flexibility index (Phi) is 8.90. The van der Waals surface area contributed by atoms with Crippen LogP contribution < -0.4 is 5.32 Å². The van der Waals surface area contributed by atoms with Gasteiger partial charge in [0.2, 0.25) is 5.91 Å². The molecule has 0 heterocycles. The molecule has 2 aromatic rings. The minimum atomic E-state index is -1.01. The molecule has 1 aliphatic rings. The molecule has 0 spiro atoms. The van der Waals surface area contributed by atoms with Gasteiger partial charge in [-0.05, 0) is 46.9 Å². The molecule has 7 heteroatoms. The molecule has 2 amide bonds. The number of nitrogens with one attached hydrogen (secondary N) is 1. The molecular weight excluding hydrogens is 444 g/mol. The molecule has 2 N–H and O–H groups in total. The zero-order valence-electron chi connectivity index (χ0n) is 21.0. The van der Waals surface area contributed by atoms with E-state index in [2.05, 4.69) is 43.4 Å². The molecule has 0 bridgehead atoms. The van der Waals surface area contributed by atoms with Crippen molar-refractivity contribution in [3.05, 3.63) is 59.7 Å². The van der Waals surface area contributed by atoms with Gasteiger partial charge in [-0.25, -0.2) is 9.59 Å². The van der Waals surface area contributed by atoms with E-state index in [0.29, 0.717) is 12.3 Å². The van der Waals surface area contributed by atoms with E-state index < -0.39 is 18.1 Å². The summed E-state index contributed by atoms with van der Waals surface area (Å²) in [6, 6.07) is 15.5. The van der Waals surface area contributed by atoms with Gasteiger partial charge in [0.05, 0.1) is 0 Å². The van der Waals surface area contributed by atoms with E-state index in [9.17, 15) is 19.5 Å². The fourth-order valence-electron chi connectivity index (χ4n) is 4.96. The number of likely N-dealkylation sites (N-methyl/N-ethyl adjacent to an activating group) is 1. The summed E-state index contributed by atoms with van der Waals surface area (Å²) in [5.41, 5.74) is 4.64. The number of amides is 2. The van der Waals surface area contributed by atoms with Gasteiger partial charge in [-0.1, -0.05) is 69.3 Å². The standard InChI is InChI=1S/C28H36N2O5/c1-5-25(27(32)33)30(4)26(31)15-19(14-18(2)3)16-29-28(34)35-17-24-22-12-8-6-10-20(22)21-11-7-9-13-23(21)24/h6-13,18-19,24-25H,5,14-17H2,1-4H3,(H,29,34)(H,32,33). The molecule has 2 unspecified atom stereocenters. The molecule has 0 saturated carbocycles. The lowest BCUT2D eigenvalue weighted by atomic mass is 9.93. The SMILES string of the molecule is CCC(C(=O)O)N(C)C(=O)CC(CNC(=O)OCC1c2ccccc2-c2ccccc21)CC(C)C. The summed E-state index contributed by atoms with van der Waals surface area (Å²) in [7, 11) is 1.52. The topological polar surface area (TPSA) is 95.9 Å². The van der Waals surface area contributed by atoms with Gasteiger partial charge < -0.3 is 20.1 Å². The van der Waals surface area contributed by atoms with Crippen LogP contribution in [0, 0.1) is 11.8 Å². The van der Waals surface area contributed by atoms with Crippen molar-refractivity contribution in [2.75, 3.05) is 20.2 Å². The highest BCUT2D eigenvalue weighted by Crippen LogP contribution is 2.44. The Hall–Kier alpha value is -3.35. The summed E-state index contributed by atoms with van der Waals surface area (Å²) >= 11 is 0. The predicted molar refractivity (Wildman–Crippen MR) is 135 cm³/mol. The number of hydrogen-bond acceptors (Lipinski definition) is 4. The number of carboxylic acid groups (broad SMARTS) is 1. The van der Waals surface area contributed by atoms with E-state index >= 15 is 0 Å². The lowest BCUT2D eigenvalue weighted by molar-refractivity contribution is -0.149. The van der Waals surface area contributed by atoms with Crippen LogP contribution in [-0.4, -0.2) is 54.2 Å². The normalized spacial score (nSPS) is 14.1. The zero-order valence-corrected chi connectivity index (χ0v) is 21.0. The Morgan fingerprint density at radius 2 is 1.60 bits per heavy atom. The number of carboxylic acids is 1. The largest absolute Gasteiger partial charge is 0.480 e. The number of benzene rings is 2. The van der Waals surface area contributed by atoms with Crippen molar-refractivity contribution in [1.82, 2.24) is 10.2 Å². The van der Waals surface area contributed by atoms with Crippen molar-refractivity contribution >= 4 is 18.0 Å². The third-order valence-electron chi connectivity index (χ3n) is 6.68. The van der Waals surface area contributed by atoms with Crippen LogP contribution in [0.4, 0.5) is 4.79 Å². The summed E-state index contributed by atoms with van der Waals surface area (Å²) in [5.74, 6) is -1.06. The molecule has 0 fully saturated rings. The molecule has 3 rings (SSSR count). The highest BCUT2D eigenvalue weighted by Gasteiger charge is 2.30. The monoisotopic (exact) mass is 480 g/mol. The Bertz CT molecular complexity index is 1010. The maximum atomic E-state index is 12.7. The quantitative estimate of drug-likeness (QED) is 0.477. The molecule has 0 radical (unpaired) electrons. The van der Waals surface area contributed by atoms with Gasteiger partial charge >= 0.3 is 12.1 Å². The number of nitrogens with zero attached hydrogens (tertiary/aromatic N) is 1. The Morgan fingerprint density at radius 3 is 2.11 bits per heavy atom. The Labute approximate surface area is 207 Å². The highest BCUT2D eigenvalue weighted by molar-refractivity contribution is 5.83. The lowest BCUT2D eigenvalue weighted by Gasteiger charge is -2.27. The van der Waals surface area contributed by atoms with E-state index in [0.717, 1.165) is 17.5 Å². The van der Waals surface area contributed by atoms with Crippen LogP contribution in [0.15, 0.2) is 48.5 Å². The summed E-state index contributed by atoms with van der Waals surface area (Å²) in [6.07, 6.45) is 0.720. The molecule has 0 saturated heterocycles. The van der Waals surface area contributed by atoms with Gasteiger partial charge in [-0.15, -0.1) is 0 Å². The minimum absolute atomic E-state index is 0.0168. The molecule has 35 heavy (non-hydrogen) atoms. The van der Waals surface area contributed by atoms with Crippen molar-refractivity contribution in [2.24, 2.45) is 11.8 Å². The van der Waals surface area contributed by atoms with Gasteiger partial charge in [0.1, 0.15) is 12.6 Å². The van der Waals surface area contributed by atoms with Gasteiger partial charge in [-0.2, -0.15) is 0 Å². The fraction of sp³-hybridized carbons (Fsp3) is 0.464. The van der Waals surface area contributed by atoms with Crippen molar-refractivity contribution < 1.29 is 24.2 Å². The first-order chi connectivity index (χ1) is 16.7. The van der Waals surface area contributed by atoms with Crippen LogP contribution >= 0.6 is 0 Å². The minimum Gasteiger partial charge on any atom is -0.480 e. The first kappa shape index (κ1) is 26.3. The lowest BCUT2D eigenvalue weighted by Crippen LogP contribution is -2.43. The molecule has 188 valence electrons. The van der Waals surface area contributed by atoms with Crippen LogP contribution in [0.25, 0.3) is 11.1 Å².